The number of piperidine rings is 1. The first-order valence-electron chi connectivity index (χ1n) is 12.0. The van der Waals surface area contributed by atoms with E-state index in [0.717, 1.165) is 24.9 Å². The third-order valence-electron chi connectivity index (χ3n) is 6.31. The average molecular weight is 535 g/mol. The fraction of sp³-hybridized carbons (Fsp3) is 0.214. The Bertz CT molecular complexity index is 1420. The van der Waals surface area contributed by atoms with Crippen LogP contribution in [0.3, 0.4) is 0 Å². The number of nitrogens with zero attached hydrogens (tertiary/aromatic N) is 3. The molecule has 1 fully saturated rings. The van der Waals surface area contributed by atoms with Crippen LogP contribution in [0.1, 0.15) is 34.7 Å². The third kappa shape index (κ3) is 6.07. The maximum atomic E-state index is 13.2. The molecular weight excluding hydrogens is 511 g/mol. The van der Waals surface area contributed by atoms with Gasteiger partial charge in [-0.2, -0.15) is 4.98 Å². The van der Waals surface area contributed by atoms with Crippen molar-refractivity contribution in [1.29, 1.82) is 0 Å². The Kier molecular flexibility index (Phi) is 7.65. The molecule has 0 saturated carbocycles. The lowest BCUT2D eigenvalue weighted by Gasteiger charge is -2.31. The van der Waals surface area contributed by atoms with E-state index in [0.29, 0.717) is 51.7 Å². The summed E-state index contributed by atoms with van der Waals surface area (Å²) in [5.74, 6) is 0.362. The summed E-state index contributed by atoms with van der Waals surface area (Å²) in [6, 6.07) is 21.1. The van der Waals surface area contributed by atoms with Crippen LogP contribution in [-0.2, 0) is 11.3 Å². The first-order valence-corrected chi connectivity index (χ1v) is 12.7. The monoisotopic (exact) mass is 534 g/mol. The van der Waals surface area contributed by atoms with Crippen molar-refractivity contribution in [2.75, 3.05) is 18.4 Å². The molecule has 4 aromatic rings. The lowest BCUT2D eigenvalue weighted by molar-refractivity contribution is -0.121. The molecule has 7 nitrogen and oxygen atoms in total. The van der Waals surface area contributed by atoms with Gasteiger partial charge in [0.2, 0.25) is 17.6 Å². The molecule has 1 atom stereocenters. The third-order valence-corrected chi connectivity index (χ3v) is 6.78. The minimum Gasteiger partial charge on any atom is -0.338 e. The van der Waals surface area contributed by atoms with Gasteiger partial charge in [-0.05, 0) is 49.7 Å². The summed E-state index contributed by atoms with van der Waals surface area (Å²) < 4.78 is 5.45. The molecule has 1 amide bonds. The molecule has 1 aliphatic heterocycles. The summed E-state index contributed by atoms with van der Waals surface area (Å²) in [6.07, 6.45) is 1.60. The Morgan fingerprint density at radius 1 is 1.00 bits per heavy atom. The molecule has 1 aliphatic rings. The van der Waals surface area contributed by atoms with Gasteiger partial charge >= 0.3 is 0 Å². The van der Waals surface area contributed by atoms with E-state index in [4.69, 9.17) is 27.7 Å². The number of nitrogens with one attached hydrogen (secondary N) is 1. The van der Waals surface area contributed by atoms with Crippen LogP contribution in [0.15, 0.2) is 77.3 Å². The van der Waals surface area contributed by atoms with E-state index in [1.165, 1.54) is 0 Å². The zero-order valence-electron chi connectivity index (χ0n) is 19.9. The van der Waals surface area contributed by atoms with Gasteiger partial charge < -0.3 is 9.84 Å². The summed E-state index contributed by atoms with van der Waals surface area (Å²) in [7, 11) is 0. The maximum absolute atomic E-state index is 13.2. The number of rotatable bonds is 7. The molecular formula is C28H24Cl2N4O3. The van der Waals surface area contributed by atoms with E-state index < -0.39 is 0 Å². The van der Waals surface area contributed by atoms with Gasteiger partial charge in [-0.3, -0.25) is 14.5 Å². The van der Waals surface area contributed by atoms with Crippen LogP contribution in [-0.4, -0.2) is 39.8 Å². The molecule has 188 valence electrons. The van der Waals surface area contributed by atoms with Crippen molar-refractivity contribution in [3.63, 3.8) is 0 Å². The van der Waals surface area contributed by atoms with E-state index in [1.54, 1.807) is 54.6 Å². The molecule has 9 heteroatoms. The van der Waals surface area contributed by atoms with Crippen LogP contribution < -0.4 is 5.32 Å². The minimum atomic E-state index is -0.251. The molecule has 3 aromatic carbocycles. The Labute approximate surface area is 224 Å². The van der Waals surface area contributed by atoms with E-state index >= 15 is 0 Å². The number of anilines is 1. The minimum absolute atomic E-state index is 0.140. The van der Waals surface area contributed by atoms with Crippen LogP contribution >= 0.6 is 23.2 Å². The highest BCUT2D eigenvalue weighted by Gasteiger charge is 2.28. The first-order chi connectivity index (χ1) is 18.0. The topological polar surface area (TPSA) is 88.3 Å². The van der Waals surface area contributed by atoms with Crippen LogP contribution in [0.5, 0.6) is 0 Å². The molecule has 0 spiro atoms. The maximum Gasteiger partial charge on any atom is 0.241 e. The summed E-state index contributed by atoms with van der Waals surface area (Å²) >= 11 is 12.2. The lowest BCUT2D eigenvalue weighted by atomic mass is 9.96. The van der Waals surface area contributed by atoms with Crippen molar-refractivity contribution >= 4 is 40.6 Å². The van der Waals surface area contributed by atoms with Gasteiger partial charge in [-0.1, -0.05) is 70.8 Å². The second-order valence-electron chi connectivity index (χ2n) is 8.97. The van der Waals surface area contributed by atoms with Crippen molar-refractivity contribution < 1.29 is 14.1 Å². The summed E-state index contributed by atoms with van der Waals surface area (Å²) in [6.45, 7) is 1.80. The number of amides is 1. The second kappa shape index (κ2) is 11.3. The van der Waals surface area contributed by atoms with Gasteiger partial charge in [0.05, 0.1) is 18.2 Å². The number of aromatic nitrogens is 2. The highest BCUT2D eigenvalue weighted by molar-refractivity contribution is 6.31. The fourth-order valence-corrected chi connectivity index (χ4v) is 4.82. The molecule has 1 saturated heterocycles. The van der Waals surface area contributed by atoms with E-state index in [2.05, 4.69) is 20.4 Å². The van der Waals surface area contributed by atoms with Crippen LogP contribution in [0.25, 0.3) is 11.4 Å². The Morgan fingerprint density at radius 2 is 1.81 bits per heavy atom. The number of benzene rings is 3. The molecule has 0 bridgehead atoms. The summed E-state index contributed by atoms with van der Waals surface area (Å²) in [5, 5.41) is 8.06. The molecule has 1 aromatic heterocycles. The number of ketones is 1. The van der Waals surface area contributed by atoms with Crippen LogP contribution in [0, 0.1) is 5.92 Å². The molecule has 2 heterocycles. The number of hydrogen-bond donors (Lipinski definition) is 1. The zero-order chi connectivity index (χ0) is 25.8. The Morgan fingerprint density at radius 3 is 2.62 bits per heavy atom. The first kappa shape index (κ1) is 25.1. The fourth-order valence-electron chi connectivity index (χ4n) is 4.46. The number of halogens is 2. The van der Waals surface area contributed by atoms with Crippen LogP contribution in [0.4, 0.5) is 5.69 Å². The molecule has 1 N–H and O–H groups in total. The van der Waals surface area contributed by atoms with Gasteiger partial charge in [0.1, 0.15) is 0 Å². The van der Waals surface area contributed by atoms with Crippen LogP contribution in [0.2, 0.25) is 10.0 Å². The SMILES string of the molecule is O=C(c1ccccc1)c1cc(Cl)ccc1NC(=O)C1CCCN(Cc2nc(-c3cccc(Cl)c3)no2)C1. The Balaban J connectivity index is 1.25. The second-order valence-corrected chi connectivity index (χ2v) is 9.84. The van der Waals surface area contributed by atoms with Crippen molar-refractivity contribution in [1.82, 2.24) is 15.0 Å². The van der Waals surface area contributed by atoms with Gasteiger partial charge in [0, 0.05) is 33.3 Å². The average Bonchev–Trinajstić information content (AvgIpc) is 3.38. The van der Waals surface area contributed by atoms with Gasteiger partial charge in [0.15, 0.2) is 5.78 Å². The van der Waals surface area contributed by atoms with Crippen molar-refractivity contribution in [3.05, 3.63) is 99.9 Å². The summed E-state index contributed by atoms with van der Waals surface area (Å²) in [4.78, 5) is 33.0. The predicted octanol–water partition coefficient (Wildman–Crippen LogP) is 6.13. The van der Waals surface area contributed by atoms with E-state index in [1.807, 2.05) is 18.2 Å². The summed E-state index contributed by atoms with van der Waals surface area (Å²) in [5.41, 5.74) is 2.12. The molecule has 0 aliphatic carbocycles. The van der Waals surface area contributed by atoms with E-state index in [9.17, 15) is 9.59 Å². The zero-order valence-corrected chi connectivity index (χ0v) is 21.4. The number of likely N-dealkylation sites (tertiary alicyclic amines) is 1. The quantitative estimate of drug-likeness (QED) is 0.287. The van der Waals surface area contributed by atoms with Crippen molar-refractivity contribution in [2.45, 2.75) is 19.4 Å². The molecule has 5 rings (SSSR count). The van der Waals surface area contributed by atoms with Gasteiger partial charge in [-0.25, -0.2) is 0 Å². The predicted molar refractivity (Wildman–Crippen MR) is 143 cm³/mol. The van der Waals surface area contributed by atoms with Gasteiger partial charge in [-0.15, -0.1) is 0 Å². The lowest BCUT2D eigenvalue weighted by Crippen LogP contribution is -2.40. The van der Waals surface area contributed by atoms with Crippen molar-refractivity contribution in [2.24, 2.45) is 5.92 Å². The molecule has 0 radical (unpaired) electrons. The standard InChI is InChI=1S/C28H24Cl2N4O3/c29-21-10-4-8-19(14-21)27-32-25(37-33-27)17-34-13-5-9-20(16-34)28(36)31-24-12-11-22(30)15-23(24)26(35)18-6-2-1-3-7-18/h1-4,6-8,10-12,14-15,20H,5,9,13,16-17H2,(H,31,36). The van der Waals surface area contributed by atoms with Crippen molar-refractivity contribution in [3.8, 4) is 11.4 Å². The number of carbonyl (C=O) groups excluding carboxylic acids is 2. The number of carbonyl (C=O) groups is 2. The highest BCUT2D eigenvalue weighted by Crippen LogP contribution is 2.27. The van der Waals surface area contributed by atoms with Gasteiger partial charge in [0.25, 0.3) is 0 Å². The normalized spacial score (nSPS) is 15.9. The smallest absolute Gasteiger partial charge is 0.241 e. The molecule has 1 unspecified atom stereocenters. The van der Waals surface area contributed by atoms with E-state index in [-0.39, 0.29) is 17.6 Å². The number of hydrogen-bond acceptors (Lipinski definition) is 6. The molecule has 37 heavy (non-hydrogen) atoms. The Hall–Kier alpha value is -3.52. The highest BCUT2D eigenvalue weighted by atomic mass is 35.5. The largest absolute Gasteiger partial charge is 0.338 e.